The summed E-state index contributed by atoms with van der Waals surface area (Å²) >= 11 is 0. The molecule has 76 valence electrons. The number of ether oxygens (including phenoxy) is 1. The van der Waals surface area contributed by atoms with E-state index < -0.39 is 0 Å². The molecule has 0 unspecified atom stereocenters. The van der Waals surface area contributed by atoms with Crippen LogP contribution in [0.4, 0.5) is 5.82 Å². The SMILES string of the molecule is CCCOc1cc(N)nc(C2CC2)n1. The van der Waals surface area contributed by atoms with Gasteiger partial charge in [-0.25, -0.2) is 4.98 Å². The predicted molar refractivity (Wildman–Crippen MR) is 54.2 cm³/mol. The fourth-order valence-corrected chi connectivity index (χ4v) is 1.27. The highest BCUT2D eigenvalue weighted by Crippen LogP contribution is 2.38. The summed E-state index contributed by atoms with van der Waals surface area (Å²) in [5.41, 5.74) is 5.67. The maximum Gasteiger partial charge on any atom is 0.218 e. The average Bonchev–Trinajstić information content (AvgIpc) is 2.97. The van der Waals surface area contributed by atoms with Gasteiger partial charge in [0.25, 0.3) is 0 Å². The van der Waals surface area contributed by atoms with Gasteiger partial charge in [-0.3, -0.25) is 0 Å². The van der Waals surface area contributed by atoms with E-state index in [1.54, 1.807) is 6.07 Å². The Kier molecular flexibility index (Phi) is 2.52. The molecule has 2 N–H and O–H groups in total. The van der Waals surface area contributed by atoms with Crippen molar-refractivity contribution < 1.29 is 4.74 Å². The molecular formula is C10H15N3O. The molecular weight excluding hydrogens is 178 g/mol. The second-order valence-corrected chi connectivity index (χ2v) is 3.61. The Hall–Kier alpha value is -1.32. The highest BCUT2D eigenvalue weighted by atomic mass is 16.5. The van der Waals surface area contributed by atoms with Crippen LogP contribution in [-0.4, -0.2) is 16.6 Å². The first kappa shape index (κ1) is 9.24. The fraction of sp³-hybridized carbons (Fsp3) is 0.600. The Morgan fingerprint density at radius 2 is 2.29 bits per heavy atom. The lowest BCUT2D eigenvalue weighted by Crippen LogP contribution is -2.03. The van der Waals surface area contributed by atoms with Crippen LogP contribution < -0.4 is 10.5 Å². The van der Waals surface area contributed by atoms with Crippen molar-refractivity contribution in [1.82, 2.24) is 9.97 Å². The van der Waals surface area contributed by atoms with Crippen LogP contribution in [0.2, 0.25) is 0 Å². The van der Waals surface area contributed by atoms with Crippen molar-refractivity contribution in [2.45, 2.75) is 32.1 Å². The van der Waals surface area contributed by atoms with Gasteiger partial charge in [0.05, 0.1) is 6.61 Å². The zero-order chi connectivity index (χ0) is 9.97. The number of hydrogen-bond acceptors (Lipinski definition) is 4. The van der Waals surface area contributed by atoms with Gasteiger partial charge in [0.1, 0.15) is 11.6 Å². The van der Waals surface area contributed by atoms with Gasteiger partial charge in [-0.15, -0.1) is 0 Å². The van der Waals surface area contributed by atoms with E-state index in [-0.39, 0.29) is 0 Å². The van der Waals surface area contributed by atoms with Crippen molar-refractivity contribution in [2.24, 2.45) is 0 Å². The van der Waals surface area contributed by atoms with Crippen molar-refractivity contribution in [1.29, 1.82) is 0 Å². The molecule has 1 fully saturated rings. The van der Waals surface area contributed by atoms with Crippen LogP contribution in [0.1, 0.15) is 37.9 Å². The van der Waals surface area contributed by atoms with Crippen molar-refractivity contribution in [3.63, 3.8) is 0 Å². The maximum absolute atomic E-state index is 5.67. The van der Waals surface area contributed by atoms with Gasteiger partial charge in [-0.2, -0.15) is 4.98 Å². The largest absolute Gasteiger partial charge is 0.478 e. The smallest absolute Gasteiger partial charge is 0.218 e. The highest BCUT2D eigenvalue weighted by molar-refractivity contribution is 5.34. The van der Waals surface area contributed by atoms with Crippen LogP contribution in [0.5, 0.6) is 5.88 Å². The number of anilines is 1. The van der Waals surface area contributed by atoms with Crippen molar-refractivity contribution in [3.8, 4) is 5.88 Å². The topological polar surface area (TPSA) is 61.0 Å². The van der Waals surface area contributed by atoms with E-state index in [9.17, 15) is 0 Å². The molecule has 0 aromatic carbocycles. The summed E-state index contributed by atoms with van der Waals surface area (Å²) in [5, 5.41) is 0. The van der Waals surface area contributed by atoms with Crippen LogP contribution >= 0.6 is 0 Å². The summed E-state index contributed by atoms with van der Waals surface area (Å²) in [6.07, 6.45) is 3.33. The predicted octanol–water partition coefficient (Wildman–Crippen LogP) is 1.72. The first-order valence-corrected chi connectivity index (χ1v) is 5.07. The van der Waals surface area contributed by atoms with Gasteiger partial charge in [0.15, 0.2) is 0 Å². The molecule has 4 nitrogen and oxygen atoms in total. The van der Waals surface area contributed by atoms with E-state index in [1.807, 2.05) is 0 Å². The van der Waals surface area contributed by atoms with Gasteiger partial charge < -0.3 is 10.5 Å². The van der Waals surface area contributed by atoms with Crippen LogP contribution in [-0.2, 0) is 0 Å². The lowest BCUT2D eigenvalue weighted by molar-refractivity contribution is 0.304. The summed E-state index contributed by atoms with van der Waals surface area (Å²) < 4.78 is 5.42. The molecule has 0 atom stereocenters. The Bertz CT molecular complexity index is 323. The van der Waals surface area contributed by atoms with E-state index in [1.165, 1.54) is 12.8 Å². The van der Waals surface area contributed by atoms with Gasteiger partial charge >= 0.3 is 0 Å². The van der Waals surface area contributed by atoms with Crippen LogP contribution in [0.15, 0.2) is 6.07 Å². The number of aromatic nitrogens is 2. The number of hydrogen-bond donors (Lipinski definition) is 1. The monoisotopic (exact) mass is 193 g/mol. The van der Waals surface area contributed by atoms with Gasteiger partial charge in [-0.05, 0) is 19.3 Å². The molecule has 0 spiro atoms. The highest BCUT2D eigenvalue weighted by Gasteiger charge is 2.27. The van der Waals surface area contributed by atoms with Crippen molar-refractivity contribution in [2.75, 3.05) is 12.3 Å². The standard InChI is InChI=1S/C10H15N3O/c1-2-5-14-9-6-8(11)12-10(13-9)7-3-4-7/h6-7H,2-5H2,1H3,(H2,11,12,13). The summed E-state index contributed by atoms with van der Waals surface area (Å²) in [6, 6.07) is 1.68. The molecule has 1 aromatic rings. The summed E-state index contributed by atoms with van der Waals surface area (Å²) in [7, 11) is 0. The van der Waals surface area contributed by atoms with E-state index in [0.717, 1.165) is 12.2 Å². The van der Waals surface area contributed by atoms with E-state index >= 15 is 0 Å². The third-order valence-electron chi connectivity index (χ3n) is 2.14. The van der Waals surface area contributed by atoms with E-state index in [4.69, 9.17) is 10.5 Å². The van der Waals surface area contributed by atoms with Gasteiger partial charge in [0, 0.05) is 12.0 Å². The van der Waals surface area contributed by atoms with Crippen molar-refractivity contribution >= 4 is 5.82 Å². The molecule has 0 amide bonds. The lowest BCUT2D eigenvalue weighted by atomic mass is 10.4. The number of rotatable bonds is 4. The second-order valence-electron chi connectivity index (χ2n) is 3.61. The van der Waals surface area contributed by atoms with E-state index in [0.29, 0.717) is 24.2 Å². The molecule has 1 aromatic heterocycles. The van der Waals surface area contributed by atoms with Crippen LogP contribution in [0, 0.1) is 0 Å². The molecule has 0 aliphatic heterocycles. The number of nitrogens with zero attached hydrogens (tertiary/aromatic N) is 2. The normalized spacial score (nSPS) is 15.5. The molecule has 4 heteroatoms. The third-order valence-corrected chi connectivity index (χ3v) is 2.14. The lowest BCUT2D eigenvalue weighted by Gasteiger charge is -2.05. The summed E-state index contributed by atoms with van der Waals surface area (Å²) in [6.45, 7) is 2.74. The molecule has 1 aliphatic rings. The molecule has 1 saturated carbocycles. The molecule has 0 bridgehead atoms. The number of nitrogens with two attached hydrogens (primary N) is 1. The minimum Gasteiger partial charge on any atom is -0.478 e. The summed E-state index contributed by atoms with van der Waals surface area (Å²) in [5.74, 6) is 2.48. The summed E-state index contributed by atoms with van der Waals surface area (Å²) in [4.78, 5) is 8.51. The quantitative estimate of drug-likeness (QED) is 0.791. The van der Waals surface area contributed by atoms with E-state index in [2.05, 4.69) is 16.9 Å². The number of nitrogen functional groups attached to an aromatic ring is 1. The van der Waals surface area contributed by atoms with Crippen LogP contribution in [0.25, 0.3) is 0 Å². The maximum atomic E-state index is 5.67. The molecule has 0 radical (unpaired) electrons. The Morgan fingerprint density at radius 1 is 1.50 bits per heavy atom. The zero-order valence-electron chi connectivity index (χ0n) is 8.36. The zero-order valence-corrected chi connectivity index (χ0v) is 8.36. The van der Waals surface area contributed by atoms with Crippen molar-refractivity contribution in [3.05, 3.63) is 11.9 Å². The average molecular weight is 193 g/mol. The minimum atomic E-state index is 0.507. The third kappa shape index (κ3) is 2.13. The van der Waals surface area contributed by atoms with Crippen LogP contribution in [0.3, 0.4) is 0 Å². The Morgan fingerprint density at radius 3 is 2.93 bits per heavy atom. The Balaban J connectivity index is 2.13. The molecule has 0 saturated heterocycles. The molecule has 14 heavy (non-hydrogen) atoms. The second kappa shape index (κ2) is 3.82. The first-order valence-electron chi connectivity index (χ1n) is 5.07. The van der Waals surface area contributed by atoms with Gasteiger partial charge in [0.2, 0.25) is 5.88 Å². The molecule has 2 rings (SSSR count). The fourth-order valence-electron chi connectivity index (χ4n) is 1.27. The Labute approximate surface area is 83.5 Å². The minimum absolute atomic E-state index is 0.507. The molecule has 1 heterocycles. The first-order chi connectivity index (χ1) is 6.79. The molecule has 1 aliphatic carbocycles. The van der Waals surface area contributed by atoms with Gasteiger partial charge in [-0.1, -0.05) is 6.92 Å².